The molecule has 1 amide bonds. The Bertz CT molecular complexity index is 638. The summed E-state index contributed by atoms with van der Waals surface area (Å²) in [6, 6.07) is 3.78. The van der Waals surface area contributed by atoms with Crippen molar-refractivity contribution in [3.05, 3.63) is 30.5 Å². The number of piperazine rings is 1. The van der Waals surface area contributed by atoms with E-state index in [1.54, 1.807) is 25.5 Å². The fourth-order valence-corrected chi connectivity index (χ4v) is 2.85. The topological polar surface area (TPSA) is 72.0 Å². The molecule has 1 atom stereocenters. The van der Waals surface area contributed by atoms with Crippen LogP contribution in [0, 0.1) is 0 Å². The highest BCUT2D eigenvalue weighted by molar-refractivity contribution is 5.97. The van der Waals surface area contributed by atoms with Crippen molar-refractivity contribution in [1.29, 1.82) is 0 Å². The number of hydrogen-bond acceptors (Lipinski definition) is 6. The Labute approximate surface area is 134 Å². The molecule has 3 heterocycles. The van der Waals surface area contributed by atoms with Gasteiger partial charge in [-0.3, -0.25) is 9.69 Å². The first-order valence-electron chi connectivity index (χ1n) is 7.70. The van der Waals surface area contributed by atoms with Crippen molar-refractivity contribution in [1.82, 2.24) is 14.8 Å². The molecular formula is C16H21N3O4. The normalized spacial score (nSPS) is 19.2. The van der Waals surface area contributed by atoms with Crippen LogP contribution in [0.4, 0.5) is 0 Å². The van der Waals surface area contributed by atoms with Gasteiger partial charge in [0, 0.05) is 39.3 Å². The van der Waals surface area contributed by atoms with Crippen LogP contribution in [0.15, 0.2) is 33.6 Å². The minimum absolute atomic E-state index is 0.122. The zero-order valence-corrected chi connectivity index (χ0v) is 13.4. The van der Waals surface area contributed by atoms with Crippen molar-refractivity contribution in [2.24, 2.45) is 0 Å². The number of carbonyl (C=O) groups is 1. The van der Waals surface area contributed by atoms with Crippen molar-refractivity contribution < 1.29 is 18.4 Å². The maximum atomic E-state index is 12.8. The van der Waals surface area contributed by atoms with E-state index in [0.29, 0.717) is 36.9 Å². The minimum atomic E-state index is -0.122. The van der Waals surface area contributed by atoms with E-state index in [9.17, 15) is 4.79 Å². The molecule has 2 aromatic heterocycles. The van der Waals surface area contributed by atoms with Crippen LogP contribution in [0.3, 0.4) is 0 Å². The molecular weight excluding hydrogens is 298 g/mol. The van der Waals surface area contributed by atoms with Crippen molar-refractivity contribution in [3.8, 4) is 11.5 Å². The fraction of sp³-hybridized carbons (Fsp3) is 0.500. The summed E-state index contributed by atoms with van der Waals surface area (Å²) >= 11 is 0. The summed E-state index contributed by atoms with van der Waals surface area (Å²) in [4.78, 5) is 21.0. The lowest BCUT2D eigenvalue weighted by atomic mass is 10.1. The largest absolute Gasteiger partial charge is 0.461 e. The molecule has 0 radical (unpaired) electrons. The average Bonchev–Trinajstić information content (AvgIpc) is 3.23. The highest BCUT2D eigenvalue weighted by Gasteiger charge is 2.30. The van der Waals surface area contributed by atoms with E-state index in [0.717, 1.165) is 13.1 Å². The van der Waals surface area contributed by atoms with Gasteiger partial charge in [-0.05, 0) is 19.1 Å². The Morgan fingerprint density at radius 2 is 2.30 bits per heavy atom. The Kier molecular flexibility index (Phi) is 4.78. The van der Waals surface area contributed by atoms with Gasteiger partial charge in [0.25, 0.3) is 5.91 Å². The molecule has 1 aliphatic rings. The van der Waals surface area contributed by atoms with Crippen LogP contribution in [0.2, 0.25) is 0 Å². The van der Waals surface area contributed by atoms with Gasteiger partial charge in [0.1, 0.15) is 0 Å². The summed E-state index contributed by atoms with van der Waals surface area (Å²) in [5.74, 6) is 0.774. The Hall–Kier alpha value is -2.12. The smallest absolute Gasteiger partial charge is 0.276 e. The lowest BCUT2D eigenvalue weighted by Gasteiger charge is -2.39. The van der Waals surface area contributed by atoms with Crippen molar-refractivity contribution in [2.75, 3.05) is 39.9 Å². The maximum Gasteiger partial charge on any atom is 0.276 e. The molecule has 3 rings (SSSR count). The lowest BCUT2D eigenvalue weighted by molar-refractivity contribution is 0.0431. The Balaban J connectivity index is 1.69. The van der Waals surface area contributed by atoms with Gasteiger partial charge >= 0.3 is 0 Å². The van der Waals surface area contributed by atoms with Crippen molar-refractivity contribution in [2.45, 2.75) is 13.0 Å². The van der Waals surface area contributed by atoms with E-state index < -0.39 is 0 Å². The number of nitrogens with zero attached hydrogens (tertiary/aromatic N) is 3. The van der Waals surface area contributed by atoms with E-state index in [4.69, 9.17) is 13.6 Å². The van der Waals surface area contributed by atoms with Crippen LogP contribution in [-0.4, -0.2) is 66.6 Å². The monoisotopic (exact) mass is 319 g/mol. The van der Waals surface area contributed by atoms with Gasteiger partial charge in [-0.1, -0.05) is 0 Å². The van der Waals surface area contributed by atoms with Crippen LogP contribution in [0.25, 0.3) is 11.5 Å². The number of aromatic nitrogens is 1. The average molecular weight is 319 g/mol. The van der Waals surface area contributed by atoms with Crippen LogP contribution >= 0.6 is 0 Å². The molecule has 0 saturated carbocycles. The summed E-state index contributed by atoms with van der Waals surface area (Å²) < 4.78 is 15.8. The molecule has 1 saturated heterocycles. The number of carbonyl (C=O) groups excluding carboxylic acids is 1. The standard InChI is InChI=1S/C16H21N3O4/c1-12-10-19(6-5-18(12)7-9-21-2)16(20)14-15(23-11-17-14)13-4-3-8-22-13/h3-4,8,11-12H,5-7,9-10H2,1-2H3. The Morgan fingerprint density at radius 1 is 1.43 bits per heavy atom. The molecule has 124 valence electrons. The van der Waals surface area contributed by atoms with E-state index >= 15 is 0 Å². The predicted molar refractivity (Wildman–Crippen MR) is 83.0 cm³/mol. The fourth-order valence-electron chi connectivity index (χ4n) is 2.85. The van der Waals surface area contributed by atoms with Crippen molar-refractivity contribution in [3.63, 3.8) is 0 Å². The molecule has 0 aliphatic carbocycles. The van der Waals surface area contributed by atoms with Gasteiger partial charge in [-0.2, -0.15) is 0 Å². The van der Waals surface area contributed by atoms with Crippen LogP contribution in [0.1, 0.15) is 17.4 Å². The molecule has 1 aliphatic heterocycles. The summed E-state index contributed by atoms with van der Waals surface area (Å²) in [6.45, 7) is 5.84. The highest BCUT2D eigenvalue weighted by atomic mass is 16.5. The van der Waals surface area contributed by atoms with E-state index in [1.807, 2.05) is 4.90 Å². The number of oxazole rings is 1. The summed E-state index contributed by atoms with van der Waals surface area (Å²) in [5.41, 5.74) is 0.303. The quantitative estimate of drug-likeness (QED) is 0.836. The molecule has 23 heavy (non-hydrogen) atoms. The molecule has 7 nitrogen and oxygen atoms in total. The van der Waals surface area contributed by atoms with Gasteiger partial charge in [0.2, 0.25) is 5.76 Å². The molecule has 1 unspecified atom stereocenters. The first kappa shape index (κ1) is 15.8. The van der Waals surface area contributed by atoms with Gasteiger partial charge in [-0.15, -0.1) is 0 Å². The number of amides is 1. The van der Waals surface area contributed by atoms with Crippen LogP contribution in [0.5, 0.6) is 0 Å². The zero-order chi connectivity index (χ0) is 16.2. The number of hydrogen-bond donors (Lipinski definition) is 0. The van der Waals surface area contributed by atoms with Gasteiger partial charge in [0.15, 0.2) is 17.8 Å². The third-order valence-electron chi connectivity index (χ3n) is 4.15. The van der Waals surface area contributed by atoms with Gasteiger partial charge in [-0.25, -0.2) is 4.98 Å². The molecule has 0 aromatic carbocycles. The van der Waals surface area contributed by atoms with Crippen LogP contribution in [-0.2, 0) is 4.74 Å². The van der Waals surface area contributed by atoms with Gasteiger partial charge < -0.3 is 18.5 Å². The minimum Gasteiger partial charge on any atom is -0.461 e. The van der Waals surface area contributed by atoms with Crippen LogP contribution < -0.4 is 0 Å². The first-order chi connectivity index (χ1) is 11.2. The third kappa shape index (κ3) is 3.30. The number of furan rings is 1. The molecule has 2 aromatic rings. The van der Waals surface area contributed by atoms with Gasteiger partial charge in [0.05, 0.1) is 12.9 Å². The molecule has 0 N–H and O–H groups in total. The Morgan fingerprint density at radius 3 is 3.00 bits per heavy atom. The zero-order valence-electron chi connectivity index (χ0n) is 13.4. The first-order valence-corrected chi connectivity index (χ1v) is 7.70. The summed E-state index contributed by atoms with van der Waals surface area (Å²) in [6.07, 6.45) is 2.83. The number of methoxy groups -OCH3 is 1. The highest BCUT2D eigenvalue weighted by Crippen LogP contribution is 2.25. The number of rotatable bonds is 5. The third-order valence-corrected chi connectivity index (χ3v) is 4.15. The SMILES string of the molecule is COCCN1CCN(C(=O)c2ncoc2-c2ccco2)CC1C. The second-order valence-electron chi connectivity index (χ2n) is 5.64. The summed E-state index contributed by atoms with van der Waals surface area (Å²) in [7, 11) is 1.70. The molecule has 0 spiro atoms. The lowest BCUT2D eigenvalue weighted by Crippen LogP contribution is -2.54. The summed E-state index contributed by atoms with van der Waals surface area (Å²) in [5, 5.41) is 0. The van der Waals surface area contributed by atoms with E-state index in [2.05, 4.69) is 16.8 Å². The maximum absolute atomic E-state index is 12.8. The molecule has 1 fully saturated rings. The van der Waals surface area contributed by atoms with E-state index in [-0.39, 0.29) is 11.9 Å². The van der Waals surface area contributed by atoms with Crippen molar-refractivity contribution >= 4 is 5.91 Å². The number of ether oxygens (including phenoxy) is 1. The van der Waals surface area contributed by atoms with E-state index in [1.165, 1.54) is 6.39 Å². The predicted octanol–water partition coefficient (Wildman–Crippen LogP) is 1.73. The second-order valence-corrected chi connectivity index (χ2v) is 5.64. The molecule has 0 bridgehead atoms. The molecule has 7 heteroatoms. The second kappa shape index (κ2) is 6.97.